The maximum absolute atomic E-state index is 13.0. The molecule has 7 nitrogen and oxygen atoms in total. The summed E-state index contributed by atoms with van der Waals surface area (Å²) < 4.78 is 22.3. The SMILES string of the molecule is COC(=O)N(C(=O)OC)c1ccccc1CON=C(C)c1ccc(F)cc1. The van der Waals surface area contributed by atoms with Crippen molar-refractivity contribution in [1.82, 2.24) is 0 Å². The molecule has 0 bridgehead atoms. The summed E-state index contributed by atoms with van der Waals surface area (Å²) >= 11 is 0. The number of para-hydroxylation sites is 1. The second-order valence-corrected chi connectivity index (χ2v) is 5.36. The van der Waals surface area contributed by atoms with Gasteiger partial charge in [-0.2, -0.15) is 4.90 Å². The predicted molar refractivity (Wildman–Crippen MR) is 97.1 cm³/mol. The van der Waals surface area contributed by atoms with Gasteiger partial charge < -0.3 is 14.3 Å². The fourth-order valence-corrected chi connectivity index (χ4v) is 2.25. The van der Waals surface area contributed by atoms with Crippen LogP contribution in [0, 0.1) is 5.82 Å². The quantitative estimate of drug-likeness (QED) is 0.581. The summed E-state index contributed by atoms with van der Waals surface area (Å²) in [5.41, 5.74) is 2.02. The van der Waals surface area contributed by atoms with Crippen molar-refractivity contribution in [3.63, 3.8) is 0 Å². The molecule has 0 aliphatic heterocycles. The van der Waals surface area contributed by atoms with Crippen molar-refractivity contribution in [2.45, 2.75) is 13.5 Å². The van der Waals surface area contributed by atoms with Gasteiger partial charge in [0.05, 0.1) is 25.6 Å². The number of rotatable bonds is 5. The smallest absolute Gasteiger partial charge is 0.423 e. The van der Waals surface area contributed by atoms with Gasteiger partial charge in [0.15, 0.2) is 0 Å². The molecule has 0 radical (unpaired) electrons. The fraction of sp³-hybridized carbons (Fsp3) is 0.211. The van der Waals surface area contributed by atoms with E-state index in [1.165, 1.54) is 12.1 Å². The molecule has 0 aromatic heterocycles. The second kappa shape index (κ2) is 9.33. The fourth-order valence-electron chi connectivity index (χ4n) is 2.25. The Labute approximate surface area is 155 Å². The van der Waals surface area contributed by atoms with Crippen LogP contribution in [0.5, 0.6) is 0 Å². The number of benzene rings is 2. The number of oxime groups is 1. The van der Waals surface area contributed by atoms with E-state index in [-0.39, 0.29) is 18.1 Å². The van der Waals surface area contributed by atoms with Gasteiger partial charge in [-0.1, -0.05) is 35.5 Å². The summed E-state index contributed by atoms with van der Waals surface area (Å²) in [6, 6.07) is 12.4. The molecule has 0 spiro atoms. The summed E-state index contributed by atoms with van der Waals surface area (Å²) in [5, 5.41) is 3.99. The molecule has 0 fully saturated rings. The van der Waals surface area contributed by atoms with E-state index < -0.39 is 12.2 Å². The van der Waals surface area contributed by atoms with E-state index in [1.807, 2.05) is 0 Å². The zero-order chi connectivity index (χ0) is 19.8. The molecule has 2 aromatic rings. The molecule has 0 saturated heterocycles. The maximum atomic E-state index is 13.0. The third kappa shape index (κ3) is 5.04. The van der Waals surface area contributed by atoms with Crippen molar-refractivity contribution in [3.05, 3.63) is 65.5 Å². The molecule has 0 aliphatic rings. The molecule has 2 aromatic carbocycles. The molecule has 0 heterocycles. The van der Waals surface area contributed by atoms with Gasteiger partial charge in [0, 0.05) is 5.56 Å². The zero-order valence-corrected chi connectivity index (χ0v) is 15.1. The van der Waals surface area contributed by atoms with Crippen molar-refractivity contribution in [3.8, 4) is 0 Å². The van der Waals surface area contributed by atoms with Crippen LogP contribution in [-0.4, -0.2) is 32.1 Å². The van der Waals surface area contributed by atoms with Crippen molar-refractivity contribution in [1.29, 1.82) is 0 Å². The van der Waals surface area contributed by atoms with E-state index in [9.17, 15) is 14.0 Å². The number of hydrogen-bond acceptors (Lipinski definition) is 6. The van der Waals surface area contributed by atoms with Crippen LogP contribution in [0.4, 0.5) is 19.7 Å². The maximum Gasteiger partial charge on any atom is 0.423 e. The molecular formula is C19H19FN2O5. The van der Waals surface area contributed by atoms with Gasteiger partial charge in [0.25, 0.3) is 0 Å². The number of hydrogen-bond donors (Lipinski definition) is 0. The first kappa shape index (κ1) is 19.9. The van der Waals surface area contributed by atoms with Crippen LogP contribution in [0.25, 0.3) is 0 Å². The molecule has 0 atom stereocenters. The van der Waals surface area contributed by atoms with Gasteiger partial charge in [-0.25, -0.2) is 14.0 Å². The number of ether oxygens (including phenoxy) is 2. The highest BCUT2D eigenvalue weighted by atomic mass is 19.1. The number of carbonyl (C=O) groups excluding carboxylic acids is 2. The second-order valence-electron chi connectivity index (χ2n) is 5.36. The molecule has 142 valence electrons. The first-order chi connectivity index (χ1) is 13.0. The van der Waals surface area contributed by atoms with Crippen molar-refractivity contribution in [2.24, 2.45) is 5.16 Å². The number of carbonyl (C=O) groups is 2. The molecule has 0 saturated carbocycles. The van der Waals surface area contributed by atoms with E-state index >= 15 is 0 Å². The molecular weight excluding hydrogens is 355 g/mol. The number of imide groups is 1. The van der Waals surface area contributed by atoms with Crippen LogP contribution in [0.1, 0.15) is 18.1 Å². The third-order valence-corrected chi connectivity index (χ3v) is 3.63. The standard InChI is InChI=1S/C19H19FN2O5/c1-13(14-8-10-16(20)11-9-14)21-27-12-15-6-4-5-7-17(15)22(18(23)25-2)19(24)26-3/h4-11H,12H2,1-3H3. The highest BCUT2D eigenvalue weighted by Crippen LogP contribution is 2.23. The minimum Gasteiger partial charge on any atom is -0.452 e. The molecule has 0 unspecified atom stereocenters. The monoisotopic (exact) mass is 374 g/mol. The number of nitrogens with zero attached hydrogens (tertiary/aromatic N) is 2. The molecule has 8 heteroatoms. The van der Waals surface area contributed by atoms with Crippen LogP contribution in [-0.2, 0) is 20.9 Å². The normalized spacial score (nSPS) is 10.9. The highest BCUT2D eigenvalue weighted by Gasteiger charge is 2.27. The lowest BCUT2D eigenvalue weighted by Crippen LogP contribution is -2.37. The van der Waals surface area contributed by atoms with Crippen molar-refractivity contribution in [2.75, 3.05) is 19.1 Å². The predicted octanol–water partition coefficient (Wildman–Crippen LogP) is 4.11. The van der Waals surface area contributed by atoms with Crippen LogP contribution in [0.15, 0.2) is 53.7 Å². The first-order valence-electron chi connectivity index (χ1n) is 7.94. The highest BCUT2D eigenvalue weighted by molar-refractivity contribution is 6.09. The van der Waals surface area contributed by atoms with Gasteiger partial charge in [-0.15, -0.1) is 0 Å². The average Bonchev–Trinajstić information content (AvgIpc) is 2.69. The van der Waals surface area contributed by atoms with E-state index in [4.69, 9.17) is 4.84 Å². The van der Waals surface area contributed by atoms with Crippen molar-refractivity contribution < 1.29 is 28.3 Å². The van der Waals surface area contributed by atoms with Crippen LogP contribution >= 0.6 is 0 Å². The largest absolute Gasteiger partial charge is 0.452 e. The molecule has 27 heavy (non-hydrogen) atoms. The summed E-state index contributed by atoms with van der Waals surface area (Å²) in [6.07, 6.45) is -1.78. The molecule has 0 N–H and O–H groups in total. The van der Waals surface area contributed by atoms with E-state index in [2.05, 4.69) is 14.6 Å². The Balaban J connectivity index is 2.20. The number of halogens is 1. The van der Waals surface area contributed by atoms with E-state index in [0.29, 0.717) is 16.8 Å². The van der Waals surface area contributed by atoms with Gasteiger partial charge in [-0.05, 0) is 30.7 Å². The lowest BCUT2D eigenvalue weighted by atomic mass is 10.1. The Bertz CT molecular complexity index is 820. The molecule has 0 aliphatic carbocycles. The first-order valence-corrected chi connectivity index (χ1v) is 7.94. The topological polar surface area (TPSA) is 77.4 Å². The lowest BCUT2D eigenvalue weighted by molar-refractivity contribution is 0.130. The van der Waals surface area contributed by atoms with Gasteiger partial charge in [0.1, 0.15) is 12.4 Å². The van der Waals surface area contributed by atoms with Crippen LogP contribution < -0.4 is 4.90 Å². The minimum atomic E-state index is -0.889. The van der Waals surface area contributed by atoms with E-state index in [0.717, 1.165) is 19.1 Å². The Morgan fingerprint density at radius 2 is 1.59 bits per heavy atom. The van der Waals surface area contributed by atoms with Crippen molar-refractivity contribution >= 4 is 23.6 Å². The Morgan fingerprint density at radius 3 is 2.19 bits per heavy atom. The Kier molecular flexibility index (Phi) is 6.87. The third-order valence-electron chi connectivity index (χ3n) is 3.63. The van der Waals surface area contributed by atoms with Crippen LogP contribution in [0.2, 0.25) is 0 Å². The average molecular weight is 374 g/mol. The Morgan fingerprint density at radius 1 is 1.00 bits per heavy atom. The van der Waals surface area contributed by atoms with Gasteiger partial charge in [-0.3, -0.25) is 0 Å². The lowest BCUT2D eigenvalue weighted by Gasteiger charge is -2.20. The number of amides is 2. The summed E-state index contributed by atoms with van der Waals surface area (Å²) in [5.74, 6) is -0.341. The summed E-state index contributed by atoms with van der Waals surface area (Å²) in [6.45, 7) is 1.70. The summed E-state index contributed by atoms with van der Waals surface area (Å²) in [4.78, 5) is 30.0. The van der Waals surface area contributed by atoms with E-state index in [1.54, 1.807) is 43.3 Å². The van der Waals surface area contributed by atoms with Gasteiger partial charge >= 0.3 is 12.2 Å². The Hall–Kier alpha value is -3.42. The molecule has 2 rings (SSSR count). The number of anilines is 1. The van der Waals surface area contributed by atoms with Gasteiger partial charge in [0.2, 0.25) is 0 Å². The number of methoxy groups -OCH3 is 2. The molecule has 2 amide bonds. The minimum absolute atomic E-state index is 0.0147. The zero-order valence-electron chi connectivity index (χ0n) is 15.1. The summed E-state index contributed by atoms with van der Waals surface area (Å²) in [7, 11) is 2.32. The van der Waals surface area contributed by atoms with Crippen LogP contribution in [0.3, 0.4) is 0 Å².